The normalized spacial score (nSPS) is 10.3. The van der Waals surface area contributed by atoms with Crippen LogP contribution in [0.5, 0.6) is 0 Å². The standard InChI is InChI=1S/C14H19Cl2NO2/c1-2-19-13(18)9-4-3-5-10-17-12-8-6-7-11(15)14(12)16/h6-8,17H,2-5,9-10H2,1H3. The van der Waals surface area contributed by atoms with Gasteiger partial charge in [0.1, 0.15) is 0 Å². The van der Waals surface area contributed by atoms with E-state index in [0.29, 0.717) is 23.1 Å². The van der Waals surface area contributed by atoms with Crippen LogP contribution in [0.4, 0.5) is 5.69 Å². The van der Waals surface area contributed by atoms with Crippen molar-refractivity contribution in [3.63, 3.8) is 0 Å². The van der Waals surface area contributed by atoms with Crippen molar-refractivity contribution in [2.24, 2.45) is 0 Å². The van der Waals surface area contributed by atoms with E-state index in [0.717, 1.165) is 31.5 Å². The minimum absolute atomic E-state index is 0.117. The van der Waals surface area contributed by atoms with Crippen molar-refractivity contribution in [1.82, 2.24) is 0 Å². The first kappa shape index (κ1) is 16.1. The molecule has 19 heavy (non-hydrogen) atoms. The van der Waals surface area contributed by atoms with Gasteiger partial charge in [-0.05, 0) is 31.9 Å². The van der Waals surface area contributed by atoms with Crippen molar-refractivity contribution in [3.05, 3.63) is 28.2 Å². The topological polar surface area (TPSA) is 38.3 Å². The molecule has 0 aliphatic heterocycles. The number of nitrogens with one attached hydrogen (secondary N) is 1. The lowest BCUT2D eigenvalue weighted by Gasteiger charge is -2.09. The molecule has 1 aromatic rings. The molecule has 1 aromatic carbocycles. The van der Waals surface area contributed by atoms with E-state index in [9.17, 15) is 4.79 Å². The fourth-order valence-corrected chi connectivity index (χ4v) is 2.03. The molecule has 0 heterocycles. The average molecular weight is 304 g/mol. The second-order valence-corrected chi connectivity index (χ2v) is 4.93. The van der Waals surface area contributed by atoms with Gasteiger partial charge in [0.2, 0.25) is 0 Å². The smallest absolute Gasteiger partial charge is 0.305 e. The highest BCUT2D eigenvalue weighted by Gasteiger charge is 2.03. The van der Waals surface area contributed by atoms with Gasteiger partial charge in [-0.1, -0.05) is 35.7 Å². The van der Waals surface area contributed by atoms with E-state index in [4.69, 9.17) is 27.9 Å². The lowest BCUT2D eigenvalue weighted by atomic mass is 10.2. The fourth-order valence-electron chi connectivity index (χ4n) is 1.67. The highest BCUT2D eigenvalue weighted by molar-refractivity contribution is 6.43. The Labute approximate surface area is 124 Å². The third-order valence-electron chi connectivity index (χ3n) is 2.63. The number of ether oxygens (including phenoxy) is 1. The molecule has 0 bridgehead atoms. The van der Waals surface area contributed by atoms with Crippen LogP contribution in [0.15, 0.2) is 18.2 Å². The van der Waals surface area contributed by atoms with Gasteiger partial charge in [-0.25, -0.2) is 0 Å². The first-order chi connectivity index (χ1) is 9.15. The summed E-state index contributed by atoms with van der Waals surface area (Å²) >= 11 is 12.0. The third-order valence-corrected chi connectivity index (χ3v) is 3.45. The number of esters is 1. The monoisotopic (exact) mass is 303 g/mol. The van der Waals surface area contributed by atoms with Gasteiger partial charge in [0.05, 0.1) is 22.3 Å². The quantitative estimate of drug-likeness (QED) is 0.566. The van der Waals surface area contributed by atoms with Crippen molar-refractivity contribution >= 4 is 34.9 Å². The molecule has 0 amide bonds. The van der Waals surface area contributed by atoms with Gasteiger partial charge < -0.3 is 10.1 Å². The van der Waals surface area contributed by atoms with E-state index in [2.05, 4.69) is 5.32 Å². The number of hydrogen-bond donors (Lipinski definition) is 1. The number of carbonyl (C=O) groups excluding carboxylic acids is 1. The molecule has 0 aliphatic rings. The Balaban J connectivity index is 2.14. The fraction of sp³-hybridized carbons (Fsp3) is 0.500. The zero-order chi connectivity index (χ0) is 14.1. The van der Waals surface area contributed by atoms with E-state index in [1.807, 2.05) is 19.1 Å². The minimum Gasteiger partial charge on any atom is -0.466 e. The Hall–Kier alpha value is -0.930. The number of rotatable bonds is 8. The largest absolute Gasteiger partial charge is 0.466 e. The summed E-state index contributed by atoms with van der Waals surface area (Å²) in [6.45, 7) is 3.08. The second-order valence-electron chi connectivity index (χ2n) is 4.14. The summed E-state index contributed by atoms with van der Waals surface area (Å²) in [4.78, 5) is 11.1. The number of unbranched alkanes of at least 4 members (excludes halogenated alkanes) is 2. The minimum atomic E-state index is -0.117. The second kappa shape index (κ2) is 9.05. The maximum absolute atomic E-state index is 11.1. The number of anilines is 1. The van der Waals surface area contributed by atoms with Crippen LogP contribution >= 0.6 is 23.2 Å². The highest BCUT2D eigenvalue weighted by Crippen LogP contribution is 2.29. The summed E-state index contributed by atoms with van der Waals surface area (Å²) in [6.07, 6.45) is 3.29. The molecule has 0 saturated carbocycles. The summed E-state index contributed by atoms with van der Waals surface area (Å²) in [5.41, 5.74) is 0.847. The van der Waals surface area contributed by atoms with Crippen LogP contribution in [-0.4, -0.2) is 19.1 Å². The van der Waals surface area contributed by atoms with Crippen molar-refractivity contribution in [1.29, 1.82) is 0 Å². The average Bonchev–Trinajstić information content (AvgIpc) is 2.38. The maximum Gasteiger partial charge on any atom is 0.305 e. The number of carbonyl (C=O) groups is 1. The van der Waals surface area contributed by atoms with Crippen molar-refractivity contribution < 1.29 is 9.53 Å². The highest BCUT2D eigenvalue weighted by atomic mass is 35.5. The zero-order valence-corrected chi connectivity index (χ0v) is 12.6. The zero-order valence-electron chi connectivity index (χ0n) is 11.0. The molecule has 0 aromatic heterocycles. The summed E-state index contributed by atoms with van der Waals surface area (Å²) in [5, 5.41) is 4.34. The molecule has 0 unspecified atom stereocenters. The molecule has 0 aliphatic carbocycles. The van der Waals surface area contributed by atoms with E-state index < -0.39 is 0 Å². The number of hydrogen-bond acceptors (Lipinski definition) is 3. The predicted molar refractivity (Wildman–Crippen MR) is 80.1 cm³/mol. The first-order valence-corrected chi connectivity index (χ1v) is 7.24. The molecule has 0 spiro atoms. The Kier molecular flexibility index (Phi) is 7.68. The van der Waals surface area contributed by atoms with Crippen molar-refractivity contribution in [2.45, 2.75) is 32.6 Å². The molecule has 0 atom stereocenters. The van der Waals surface area contributed by atoms with E-state index in [-0.39, 0.29) is 5.97 Å². The maximum atomic E-state index is 11.1. The summed E-state index contributed by atoms with van der Waals surface area (Å²) in [5.74, 6) is -0.117. The lowest BCUT2D eigenvalue weighted by Crippen LogP contribution is -2.05. The predicted octanol–water partition coefficient (Wildman–Crippen LogP) is 4.53. The lowest BCUT2D eigenvalue weighted by molar-refractivity contribution is -0.143. The van der Waals surface area contributed by atoms with Gasteiger partial charge >= 0.3 is 5.97 Å². The number of benzene rings is 1. The van der Waals surface area contributed by atoms with Crippen LogP contribution in [0.1, 0.15) is 32.6 Å². The van der Waals surface area contributed by atoms with Crippen LogP contribution in [0.25, 0.3) is 0 Å². The Morgan fingerprint density at radius 3 is 2.79 bits per heavy atom. The number of halogens is 2. The van der Waals surface area contributed by atoms with E-state index >= 15 is 0 Å². The molecular weight excluding hydrogens is 285 g/mol. The molecule has 0 fully saturated rings. The third kappa shape index (κ3) is 6.17. The van der Waals surface area contributed by atoms with Crippen LogP contribution in [-0.2, 0) is 9.53 Å². The molecule has 5 heteroatoms. The summed E-state index contributed by atoms with van der Waals surface area (Å²) in [6, 6.07) is 5.51. The van der Waals surface area contributed by atoms with Gasteiger partial charge in [-0.3, -0.25) is 4.79 Å². The van der Waals surface area contributed by atoms with Gasteiger partial charge in [-0.15, -0.1) is 0 Å². The van der Waals surface area contributed by atoms with Crippen LogP contribution in [0, 0.1) is 0 Å². The SMILES string of the molecule is CCOC(=O)CCCCCNc1cccc(Cl)c1Cl. The summed E-state index contributed by atoms with van der Waals surface area (Å²) in [7, 11) is 0. The Bertz CT molecular complexity index is 410. The van der Waals surface area contributed by atoms with Gasteiger partial charge in [0.15, 0.2) is 0 Å². The van der Waals surface area contributed by atoms with Crippen LogP contribution in [0.2, 0.25) is 10.0 Å². The molecule has 1 N–H and O–H groups in total. The first-order valence-electron chi connectivity index (χ1n) is 6.48. The molecular formula is C14H19Cl2NO2. The van der Waals surface area contributed by atoms with Gasteiger partial charge in [0, 0.05) is 13.0 Å². The molecule has 1 rings (SSSR count). The van der Waals surface area contributed by atoms with Gasteiger partial charge in [-0.2, -0.15) is 0 Å². The van der Waals surface area contributed by atoms with Crippen LogP contribution < -0.4 is 5.32 Å². The Morgan fingerprint density at radius 1 is 1.26 bits per heavy atom. The Morgan fingerprint density at radius 2 is 2.05 bits per heavy atom. The van der Waals surface area contributed by atoms with Crippen molar-refractivity contribution in [2.75, 3.05) is 18.5 Å². The van der Waals surface area contributed by atoms with E-state index in [1.54, 1.807) is 6.07 Å². The van der Waals surface area contributed by atoms with Crippen molar-refractivity contribution in [3.8, 4) is 0 Å². The van der Waals surface area contributed by atoms with Crippen LogP contribution in [0.3, 0.4) is 0 Å². The summed E-state index contributed by atoms with van der Waals surface area (Å²) < 4.78 is 4.86. The van der Waals surface area contributed by atoms with Gasteiger partial charge in [0.25, 0.3) is 0 Å². The molecule has 106 valence electrons. The van der Waals surface area contributed by atoms with E-state index in [1.165, 1.54) is 0 Å². The molecule has 0 radical (unpaired) electrons. The molecule has 3 nitrogen and oxygen atoms in total. The molecule has 0 saturated heterocycles.